The van der Waals surface area contributed by atoms with E-state index in [-0.39, 0.29) is 30.5 Å². The lowest BCUT2D eigenvalue weighted by Crippen LogP contribution is -2.35. The summed E-state index contributed by atoms with van der Waals surface area (Å²) in [7, 11) is 0. The third-order valence-corrected chi connectivity index (χ3v) is 3.44. The summed E-state index contributed by atoms with van der Waals surface area (Å²) in [5.74, 6) is -1.04. The number of halogens is 3. The molecule has 0 aliphatic heterocycles. The van der Waals surface area contributed by atoms with E-state index in [1.54, 1.807) is 6.92 Å². The fourth-order valence-electron chi connectivity index (χ4n) is 2.49. The van der Waals surface area contributed by atoms with Crippen LogP contribution in [0.25, 0.3) is 0 Å². The summed E-state index contributed by atoms with van der Waals surface area (Å²) >= 11 is 0. The molecular formula is C13H15F3N4. The van der Waals surface area contributed by atoms with Crippen LogP contribution in [0.15, 0.2) is 6.07 Å². The Kier molecular flexibility index (Phi) is 4.12. The Morgan fingerprint density at radius 2 is 2.10 bits per heavy atom. The van der Waals surface area contributed by atoms with Crippen LogP contribution in [0.5, 0.6) is 0 Å². The smallest absolute Gasteiger partial charge is 0.351 e. The van der Waals surface area contributed by atoms with Gasteiger partial charge in [-0.2, -0.15) is 18.4 Å². The Hall–Kier alpha value is -1.84. The first-order valence-corrected chi connectivity index (χ1v) is 6.47. The molecule has 0 saturated heterocycles. The Morgan fingerprint density at radius 3 is 2.75 bits per heavy atom. The highest BCUT2D eigenvalue weighted by Gasteiger charge is 2.42. The average molecular weight is 284 g/mol. The van der Waals surface area contributed by atoms with Gasteiger partial charge in [-0.3, -0.25) is 0 Å². The summed E-state index contributed by atoms with van der Waals surface area (Å²) in [6, 6.07) is 3.14. The van der Waals surface area contributed by atoms with Gasteiger partial charge in [0.05, 0.1) is 5.92 Å². The SMILES string of the molecule is Cc1cc(C#N)nc(NC2CCCC(C(F)(F)F)C2)n1. The van der Waals surface area contributed by atoms with Crippen molar-refractivity contribution in [3.05, 3.63) is 17.5 Å². The normalized spacial score (nSPS) is 23.1. The van der Waals surface area contributed by atoms with Crippen molar-refractivity contribution in [2.75, 3.05) is 5.32 Å². The molecule has 1 aromatic heterocycles. The molecule has 4 nitrogen and oxygen atoms in total. The van der Waals surface area contributed by atoms with E-state index in [2.05, 4.69) is 15.3 Å². The van der Waals surface area contributed by atoms with Crippen molar-refractivity contribution in [1.82, 2.24) is 9.97 Å². The molecule has 1 fully saturated rings. The summed E-state index contributed by atoms with van der Waals surface area (Å²) in [5, 5.41) is 11.7. The lowest BCUT2D eigenvalue weighted by molar-refractivity contribution is -0.182. The quantitative estimate of drug-likeness (QED) is 0.906. The van der Waals surface area contributed by atoms with Crippen molar-refractivity contribution in [1.29, 1.82) is 5.26 Å². The Labute approximate surface area is 115 Å². The number of alkyl halides is 3. The van der Waals surface area contributed by atoms with E-state index in [4.69, 9.17) is 5.26 Å². The fourth-order valence-corrected chi connectivity index (χ4v) is 2.49. The van der Waals surface area contributed by atoms with Crippen molar-refractivity contribution in [3.63, 3.8) is 0 Å². The number of hydrogen-bond acceptors (Lipinski definition) is 4. The second-order valence-electron chi connectivity index (χ2n) is 5.08. The molecular weight excluding hydrogens is 269 g/mol. The van der Waals surface area contributed by atoms with E-state index in [9.17, 15) is 13.2 Å². The molecule has 1 aromatic rings. The summed E-state index contributed by atoms with van der Waals surface area (Å²) in [6.45, 7) is 1.72. The van der Waals surface area contributed by atoms with Crippen LogP contribution in [0.2, 0.25) is 0 Å². The molecule has 2 atom stereocenters. The first kappa shape index (κ1) is 14.6. The largest absolute Gasteiger partial charge is 0.391 e. The molecule has 108 valence electrons. The molecule has 1 heterocycles. The van der Waals surface area contributed by atoms with Gasteiger partial charge in [0.2, 0.25) is 5.95 Å². The van der Waals surface area contributed by atoms with Gasteiger partial charge < -0.3 is 5.32 Å². The number of rotatable bonds is 2. The minimum atomic E-state index is -4.15. The predicted molar refractivity (Wildman–Crippen MR) is 66.9 cm³/mol. The van der Waals surface area contributed by atoms with E-state index in [0.29, 0.717) is 18.5 Å². The molecule has 2 rings (SSSR count). The lowest BCUT2D eigenvalue weighted by atomic mass is 9.85. The molecule has 0 amide bonds. The summed E-state index contributed by atoms with van der Waals surface area (Å²) in [5.41, 5.74) is 0.824. The first-order chi connectivity index (χ1) is 9.38. The maximum Gasteiger partial charge on any atom is 0.391 e. The highest BCUT2D eigenvalue weighted by Crippen LogP contribution is 2.38. The van der Waals surface area contributed by atoms with Gasteiger partial charge in [0.25, 0.3) is 0 Å². The maximum atomic E-state index is 12.7. The Morgan fingerprint density at radius 1 is 1.35 bits per heavy atom. The lowest BCUT2D eigenvalue weighted by Gasteiger charge is -2.31. The van der Waals surface area contributed by atoms with E-state index in [1.807, 2.05) is 6.07 Å². The number of hydrogen-bond donors (Lipinski definition) is 1. The Balaban J connectivity index is 2.07. The number of nitrogens with one attached hydrogen (secondary N) is 1. The van der Waals surface area contributed by atoms with Crippen LogP contribution in [0.3, 0.4) is 0 Å². The predicted octanol–water partition coefficient (Wildman–Crippen LogP) is 3.19. The molecule has 7 heteroatoms. The van der Waals surface area contributed by atoms with Gasteiger partial charge in [-0.15, -0.1) is 0 Å². The summed E-state index contributed by atoms with van der Waals surface area (Å²) in [6.07, 6.45) is -2.75. The monoisotopic (exact) mass is 284 g/mol. The molecule has 1 N–H and O–H groups in total. The highest BCUT2D eigenvalue weighted by atomic mass is 19.4. The van der Waals surface area contributed by atoms with Crippen molar-refractivity contribution < 1.29 is 13.2 Å². The van der Waals surface area contributed by atoms with Crippen LogP contribution in [0.4, 0.5) is 19.1 Å². The zero-order chi connectivity index (χ0) is 14.8. The molecule has 0 spiro atoms. The number of aryl methyl sites for hydroxylation is 1. The van der Waals surface area contributed by atoms with E-state index in [1.165, 1.54) is 6.07 Å². The number of anilines is 1. The number of nitriles is 1. The topological polar surface area (TPSA) is 61.6 Å². The molecule has 1 aliphatic carbocycles. The minimum absolute atomic E-state index is 0.0304. The third kappa shape index (κ3) is 3.59. The average Bonchev–Trinajstić information content (AvgIpc) is 2.37. The van der Waals surface area contributed by atoms with E-state index < -0.39 is 12.1 Å². The molecule has 0 radical (unpaired) electrons. The van der Waals surface area contributed by atoms with Crippen LogP contribution in [-0.4, -0.2) is 22.2 Å². The number of nitrogens with zero attached hydrogens (tertiary/aromatic N) is 3. The molecule has 1 saturated carbocycles. The van der Waals surface area contributed by atoms with Gasteiger partial charge in [0.15, 0.2) is 0 Å². The van der Waals surface area contributed by atoms with E-state index in [0.717, 1.165) is 0 Å². The molecule has 0 aromatic carbocycles. The minimum Gasteiger partial charge on any atom is -0.351 e. The van der Waals surface area contributed by atoms with Gasteiger partial charge >= 0.3 is 6.18 Å². The Bertz CT molecular complexity index is 521. The molecule has 20 heavy (non-hydrogen) atoms. The first-order valence-electron chi connectivity index (χ1n) is 6.47. The van der Waals surface area contributed by atoms with Crippen LogP contribution in [-0.2, 0) is 0 Å². The molecule has 2 unspecified atom stereocenters. The van der Waals surface area contributed by atoms with E-state index >= 15 is 0 Å². The van der Waals surface area contributed by atoms with Crippen LogP contribution >= 0.6 is 0 Å². The number of aromatic nitrogens is 2. The highest BCUT2D eigenvalue weighted by molar-refractivity contribution is 5.34. The van der Waals surface area contributed by atoms with Gasteiger partial charge in [0, 0.05) is 11.7 Å². The summed E-state index contributed by atoms with van der Waals surface area (Å²) in [4.78, 5) is 8.08. The van der Waals surface area contributed by atoms with Crippen molar-refractivity contribution in [2.45, 2.75) is 44.8 Å². The standard InChI is InChI=1S/C13H15F3N4/c1-8-5-11(7-17)20-12(18-8)19-10-4-2-3-9(6-10)13(14,15)16/h5,9-10H,2-4,6H2,1H3,(H,18,19,20). The van der Waals surface area contributed by atoms with Crippen molar-refractivity contribution >= 4 is 5.95 Å². The van der Waals surface area contributed by atoms with Crippen LogP contribution in [0, 0.1) is 24.2 Å². The summed E-state index contributed by atoms with van der Waals surface area (Å²) < 4.78 is 38.2. The van der Waals surface area contributed by atoms with Gasteiger partial charge in [0.1, 0.15) is 11.8 Å². The van der Waals surface area contributed by atoms with Gasteiger partial charge in [-0.1, -0.05) is 6.42 Å². The van der Waals surface area contributed by atoms with Crippen molar-refractivity contribution in [2.24, 2.45) is 5.92 Å². The maximum absolute atomic E-state index is 12.7. The zero-order valence-corrected chi connectivity index (χ0v) is 11.0. The second-order valence-corrected chi connectivity index (χ2v) is 5.08. The van der Waals surface area contributed by atoms with Gasteiger partial charge in [-0.05, 0) is 32.3 Å². The third-order valence-electron chi connectivity index (χ3n) is 3.44. The molecule has 0 bridgehead atoms. The zero-order valence-electron chi connectivity index (χ0n) is 11.0. The van der Waals surface area contributed by atoms with Gasteiger partial charge in [-0.25, -0.2) is 9.97 Å². The van der Waals surface area contributed by atoms with Crippen LogP contribution < -0.4 is 5.32 Å². The second kappa shape index (κ2) is 5.65. The van der Waals surface area contributed by atoms with Crippen LogP contribution in [0.1, 0.15) is 37.1 Å². The fraction of sp³-hybridized carbons (Fsp3) is 0.615. The van der Waals surface area contributed by atoms with Crippen molar-refractivity contribution in [3.8, 4) is 6.07 Å². The molecule has 1 aliphatic rings.